The van der Waals surface area contributed by atoms with Crippen molar-refractivity contribution >= 4 is 39.9 Å². The molecule has 0 amide bonds. The molecule has 0 fully saturated rings. The summed E-state index contributed by atoms with van der Waals surface area (Å²) >= 11 is 7.19. The highest BCUT2D eigenvalue weighted by molar-refractivity contribution is 14.1. The molecular weight excluding hydrogens is 300 g/mol. The summed E-state index contributed by atoms with van der Waals surface area (Å²) in [5, 5.41) is 0.0591. The molecule has 0 aromatic carbocycles. The molecule has 1 aromatic heterocycles. The first-order chi connectivity index (χ1) is 5.52. The molecule has 0 atom stereocenters. The van der Waals surface area contributed by atoms with E-state index in [4.69, 9.17) is 17.3 Å². The number of rotatable bonds is 1. The van der Waals surface area contributed by atoms with Crippen LogP contribution in [0.5, 0.6) is 0 Å². The van der Waals surface area contributed by atoms with Crippen LogP contribution in [0.1, 0.15) is 12.0 Å². The third-order valence-corrected chi connectivity index (χ3v) is 2.39. The summed E-state index contributed by atoms with van der Waals surface area (Å²) < 4.78 is 24.6. The molecule has 1 rings (SSSR count). The molecular formula is C6H4ClF2IN2. The Morgan fingerprint density at radius 3 is 2.67 bits per heavy atom. The fraction of sp³-hybridized carbons (Fsp3) is 0.167. The molecule has 2 N–H and O–H groups in total. The van der Waals surface area contributed by atoms with E-state index in [-0.39, 0.29) is 20.1 Å². The second-order valence-electron chi connectivity index (χ2n) is 2.05. The van der Waals surface area contributed by atoms with Gasteiger partial charge in [0.05, 0.1) is 11.3 Å². The van der Waals surface area contributed by atoms with Gasteiger partial charge in [-0.25, -0.2) is 13.8 Å². The summed E-state index contributed by atoms with van der Waals surface area (Å²) in [6.45, 7) is 0. The van der Waals surface area contributed by atoms with Crippen LogP contribution in [-0.4, -0.2) is 4.98 Å². The van der Waals surface area contributed by atoms with Crippen LogP contribution in [0.2, 0.25) is 5.15 Å². The Labute approximate surface area is 86.3 Å². The molecule has 2 nitrogen and oxygen atoms in total. The van der Waals surface area contributed by atoms with E-state index in [0.29, 0.717) is 0 Å². The monoisotopic (exact) mass is 304 g/mol. The van der Waals surface area contributed by atoms with Crippen LogP contribution in [0.25, 0.3) is 0 Å². The smallest absolute Gasteiger partial charge is 0.266 e. The van der Waals surface area contributed by atoms with E-state index >= 15 is 0 Å². The number of nitrogen functional groups attached to an aromatic ring is 1. The van der Waals surface area contributed by atoms with Crippen molar-refractivity contribution in [2.75, 3.05) is 5.73 Å². The largest absolute Gasteiger partial charge is 0.396 e. The zero-order chi connectivity index (χ0) is 9.30. The zero-order valence-corrected chi connectivity index (χ0v) is 8.60. The van der Waals surface area contributed by atoms with Gasteiger partial charge in [-0.15, -0.1) is 0 Å². The van der Waals surface area contributed by atoms with E-state index < -0.39 is 6.43 Å². The number of hydrogen-bond donors (Lipinski definition) is 1. The summed E-state index contributed by atoms with van der Waals surface area (Å²) in [5.74, 6) is 0. The molecule has 0 unspecified atom stereocenters. The van der Waals surface area contributed by atoms with Gasteiger partial charge in [0.2, 0.25) is 0 Å². The molecule has 0 spiro atoms. The summed E-state index contributed by atoms with van der Waals surface area (Å²) in [5.41, 5.74) is 5.19. The summed E-state index contributed by atoms with van der Waals surface area (Å²) in [4.78, 5) is 3.64. The number of aromatic nitrogens is 1. The van der Waals surface area contributed by atoms with E-state index in [1.54, 1.807) is 22.6 Å². The fourth-order valence-corrected chi connectivity index (χ4v) is 1.57. The lowest BCUT2D eigenvalue weighted by Gasteiger charge is -2.04. The maximum atomic E-state index is 12.2. The lowest BCUT2D eigenvalue weighted by Crippen LogP contribution is -1.98. The Morgan fingerprint density at radius 1 is 1.58 bits per heavy atom. The quantitative estimate of drug-likeness (QED) is 0.640. The zero-order valence-electron chi connectivity index (χ0n) is 5.69. The predicted molar refractivity (Wildman–Crippen MR) is 51.3 cm³/mol. The van der Waals surface area contributed by atoms with Gasteiger partial charge in [-0.3, -0.25) is 0 Å². The number of anilines is 1. The van der Waals surface area contributed by atoms with Crippen LogP contribution in [0.15, 0.2) is 6.07 Å². The highest BCUT2D eigenvalue weighted by Gasteiger charge is 2.14. The van der Waals surface area contributed by atoms with E-state index in [1.165, 1.54) is 0 Å². The lowest BCUT2D eigenvalue weighted by atomic mass is 10.3. The average Bonchev–Trinajstić information content (AvgIpc) is 1.96. The molecule has 0 aliphatic carbocycles. The van der Waals surface area contributed by atoms with Gasteiger partial charge in [0.1, 0.15) is 3.70 Å². The summed E-state index contributed by atoms with van der Waals surface area (Å²) in [6, 6.07) is 1.14. The Kier molecular flexibility index (Phi) is 3.05. The lowest BCUT2D eigenvalue weighted by molar-refractivity contribution is 0.150. The normalized spacial score (nSPS) is 10.8. The third kappa shape index (κ3) is 1.95. The highest BCUT2D eigenvalue weighted by Crippen LogP contribution is 2.28. The Balaban J connectivity index is 3.23. The van der Waals surface area contributed by atoms with Crippen molar-refractivity contribution in [3.8, 4) is 0 Å². The second kappa shape index (κ2) is 3.69. The van der Waals surface area contributed by atoms with Crippen molar-refractivity contribution in [3.05, 3.63) is 20.5 Å². The van der Waals surface area contributed by atoms with Gasteiger partial charge in [0.25, 0.3) is 6.43 Å². The van der Waals surface area contributed by atoms with Crippen LogP contribution >= 0.6 is 34.2 Å². The van der Waals surface area contributed by atoms with Crippen LogP contribution < -0.4 is 5.73 Å². The summed E-state index contributed by atoms with van der Waals surface area (Å²) in [6.07, 6.45) is -2.57. The molecule has 0 aliphatic rings. The molecule has 0 aliphatic heterocycles. The van der Waals surface area contributed by atoms with Gasteiger partial charge in [0.15, 0.2) is 5.15 Å². The van der Waals surface area contributed by atoms with Crippen LogP contribution in [0, 0.1) is 3.70 Å². The van der Waals surface area contributed by atoms with Crippen LogP contribution in [0.3, 0.4) is 0 Å². The molecule has 0 saturated carbocycles. The van der Waals surface area contributed by atoms with Crippen molar-refractivity contribution in [2.24, 2.45) is 0 Å². The van der Waals surface area contributed by atoms with Crippen molar-refractivity contribution < 1.29 is 8.78 Å². The number of pyridine rings is 1. The number of nitrogens with two attached hydrogens (primary N) is 1. The topological polar surface area (TPSA) is 38.9 Å². The second-order valence-corrected chi connectivity index (χ2v) is 3.43. The number of halogens is 4. The van der Waals surface area contributed by atoms with E-state index in [0.717, 1.165) is 6.07 Å². The molecule has 0 radical (unpaired) electrons. The van der Waals surface area contributed by atoms with Gasteiger partial charge >= 0.3 is 0 Å². The fourth-order valence-electron chi connectivity index (χ4n) is 0.655. The van der Waals surface area contributed by atoms with E-state index in [9.17, 15) is 8.78 Å². The first kappa shape index (κ1) is 9.91. The van der Waals surface area contributed by atoms with Crippen LogP contribution in [0.4, 0.5) is 14.5 Å². The highest BCUT2D eigenvalue weighted by atomic mass is 127. The Morgan fingerprint density at radius 2 is 2.17 bits per heavy atom. The molecule has 12 heavy (non-hydrogen) atoms. The molecule has 66 valence electrons. The van der Waals surface area contributed by atoms with Gasteiger partial charge in [-0.1, -0.05) is 11.6 Å². The van der Waals surface area contributed by atoms with Crippen molar-refractivity contribution in [3.63, 3.8) is 0 Å². The molecule has 1 heterocycles. The van der Waals surface area contributed by atoms with Crippen LogP contribution in [-0.2, 0) is 0 Å². The van der Waals surface area contributed by atoms with Crippen molar-refractivity contribution in [1.29, 1.82) is 0 Å². The maximum Gasteiger partial charge on any atom is 0.266 e. The van der Waals surface area contributed by atoms with Gasteiger partial charge < -0.3 is 5.73 Å². The minimum Gasteiger partial charge on any atom is -0.396 e. The minimum atomic E-state index is -2.57. The number of alkyl halides is 2. The Hall–Kier alpha value is -0.170. The van der Waals surface area contributed by atoms with Crippen molar-refractivity contribution in [1.82, 2.24) is 4.98 Å². The van der Waals surface area contributed by atoms with Crippen molar-refractivity contribution in [2.45, 2.75) is 6.43 Å². The van der Waals surface area contributed by atoms with E-state index in [1.807, 2.05) is 0 Å². The molecule has 0 saturated heterocycles. The minimum absolute atomic E-state index is 0.0591. The van der Waals surface area contributed by atoms with Gasteiger partial charge in [-0.05, 0) is 28.7 Å². The third-order valence-electron chi connectivity index (χ3n) is 1.22. The number of hydrogen-bond acceptors (Lipinski definition) is 2. The Bertz CT molecular complexity index is 306. The molecule has 1 aromatic rings. The maximum absolute atomic E-state index is 12.2. The predicted octanol–water partition coefficient (Wildman–Crippen LogP) is 2.86. The van der Waals surface area contributed by atoms with Gasteiger partial charge in [-0.2, -0.15) is 0 Å². The SMILES string of the molecule is Nc1cc(C(F)F)c(I)nc1Cl. The van der Waals surface area contributed by atoms with Gasteiger partial charge in [0, 0.05) is 0 Å². The first-order valence-corrected chi connectivity index (χ1v) is 4.37. The van der Waals surface area contributed by atoms with E-state index in [2.05, 4.69) is 4.98 Å². The summed E-state index contributed by atoms with van der Waals surface area (Å²) in [7, 11) is 0. The first-order valence-electron chi connectivity index (χ1n) is 2.92. The molecule has 6 heteroatoms. The standard InChI is InChI=1S/C6H4ClF2IN2/c7-4-3(11)1-2(5(8)9)6(10)12-4/h1,5H,11H2. The molecule has 0 bridgehead atoms. The average molecular weight is 304 g/mol. The number of nitrogens with zero attached hydrogens (tertiary/aromatic N) is 1.